The number of hydrogen-bond donors (Lipinski definition) is 2. The molecule has 0 aromatic carbocycles. The lowest BCUT2D eigenvalue weighted by Crippen LogP contribution is -2.31. The second-order valence-corrected chi connectivity index (χ2v) is 6.64. The van der Waals surface area contributed by atoms with Crippen molar-refractivity contribution in [3.05, 3.63) is 0 Å². The topological polar surface area (TPSA) is 40.5 Å². The molecule has 0 saturated heterocycles. The first kappa shape index (κ1) is 18.9. The Kier molecular flexibility index (Phi) is 11.7. The molecule has 0 spiro atoms. The summed E-state index contributed by atoms with van der Waals surface area (Å²) in [4.78, 5) is 0. The fourth-order valence-corrected chi connectivity index (χ4v) is 2.94. The predicted molar refractivity (Wildman–Crippen MR) is 83.3 cm³/mol. The maximum absolute atomic E-state index is 9.57. The van der Waals surface area contributed by atoms with Gasteiger partial charge in [-0.3, -0.25) is 0 Å². The van der Waals surface area contributed by atoms with Gasteiger partial charge in [-0.1, -0.05) is 72.1 Å². The Balaban J connectivity index is 3.70. The van der Waals surface area contributed by atoms with Crippen molar-refractivity contribution >= 4 is 0 Å². The van der Waals surface area contributed by atoms with Gasteiger partial charge in [-0.2, -0.15) is 0 Å². The smallest absolute Gasteiger partial charge is 0.0509 e. The second-order valence-electron chi connectivity index (χ2n) is 6.64. The first-order valence-electron chi connectivity index (χ1n) is 8.32. The lowest BCUT2D eigenvalue weighted by atomic mass is 9.77. The average Bonchev–Trinajstić information content (AvgIpc) is 2.40. The van der Waals surface area contributed by atoms with Crippen LogP contribution in [0.15, 0.2) is 0 Å². The molecule has 0 fully saturated rings. The van der Waals surface area contributed by atoms with E-state index >= 15 is 0 Å². The van der Waals surface area contributed by atoms with E-state index in [1.54, 1.807) is 0 Å². The molecule has 0 amide bonds. The number of aliphatic hydroxyl groups is 2. The maximum Gasteiger partial charge on any atom is 0.0509 e. The van der Waals surface area contributed by atoms with Crippen molar-refractivity contribution in [3.8, 4) is 0 Å². The summed E-state index contributed by atoms with van der Waals surface area (Å²) < 4.78 is 0. The van der Waals surface area contributed by atoms with E-state index < -0.39 is 0 Å². The van der Waals surface area contributed by atoms with Crippen LogP contribution in [0, 0.1) is 11.3 Å². The molecule has 2 nitrogen and oxygen atoms in total. The van der Waals surface area contributed by atoms with Crippen molar-refractivity contribution in [2.45, 2.75) is 85.0 Å². The van der Waals surface area contributed by atoms with E-state index in [1.165, 1.54) is 44.9 Å². The van der Waals surface area contributed by atoms with Gasteiger partial charge < -0.3 is 10.2 Å². The molecule has 0 aromatic rings. The standard InChI is InChI=1S/C17H36O2/c1-4-5-6-7-8-9-10-11-12-17(14-18,15-19)13-16(2)3/h16,18-19H,4-15H2,1-3H3. The van der Waals surface area contributed by atoms with Crippen LogP contribution in [0.4, 0.5) is 0 Å². The highest BCUT2D eigenvalue weighted by molar-refractivity contribution is 4.79. The minimum Gasteiger partial charge on any atom is -0.396 e. The van der Waals surface area contributed by atoms with Crippen molar-refractivity contribution < 1.29 is 10.2 Å². The van der Waals surface area contributed by atoms with E-state index in [0.29, 0.717) is 5.92 Å². The van der Waals surface area contributed by atoms with Gasteiger partial charge in [0.15, 0.2) is 0 Å². The molecule has 0 unspecified atom stereocenters. The predicted octanol–water partition coefficient (Wildman–Crippen LogP) is 4.53. The highest BCUT2D eigenvalue weighted by atomic mass is 16.3. The molecule has 116 valence electrons. The first-order chi connectivity index (χ1) is 9.10. The van der Waals surface area contributed by atoms with Crippen LogP contribution in [0.1, 0.15) is 85.0 Å². The zero-order valence-electron chi connectivity index (χ0n) is 13.5. The zero-order valence-corrected chi connectivity index (χ0v) is 13.5. The number of unbranched alkanes of at least 4 members (excludes halogenated alkanes) is 7. The molecular weight excluding hydrogens is 236 g/mol. The third kappa shape index (κ3) is 9.45. The summed E-state index contributed by atoms with van der Waals surface area (Å²) in [6, 6.07) is 0. The van der Waals surface area contributed by atoms with Crippen molar-refractivity contribution in [2.24, 2.45) is 11.3 Å². The molecule has 0 saturated carbocycles. The Morgan fingerprint density at radius 3 is 1.68 bits per heavy atom. The van der Waals surface area contributed by atoms with E-state index in [9.17, 15) is 10.2 Å². The normalized spacial score (nSPS) is 12.3. The zero-order chi connectivity index (χ0) is 14.6. The second kappa shape index (κ2) is 11.7. The van der Waals surface area contributed by atoms with Gasteiger partial charge in [0.05, 0.1) is 13.2 Å². The molecule has 2 N–H and O–H groups in total. The number of aliphatic hydroxyl groups excluding tert-OH is 2. The fourth-order valence-electron chi connectivity index (χ4n) is 2.94. The average molecular weight is 272 g/mol. The fraction of sp³-hybridized carbons (Fsp3) is 1.00. The summed E-state index contributed by atoms with van der Waals surface area (Å²) in [5.41, 5.74) is -0.240. The maximum atomic E-state index is 9.57. The number of rotatable bonds is 13. The molecule has 0 heterocycles. The molecule has 0 rings (SSSR count). The van der Waals surface area contributed by atoms with Crippen LogP contribution in [0.2, 0.25) is 0 Å². The van der Waals surface area contributed by atoms with Gasteiger partial charge in [-0.15, -0.1) is 0 Å². The van der Waals surface area contributed by atoms with Crippen LogP contribution in [-0.4, -0.2) is 23.4 Å². The third-order valence-electron chi connectivity index (χ3n) is 4.07. The molecule has 0 aliphatic carbocycles. The Morgan fingerprint density at radius 2 is 1.26 bits per heavy atom. The summed E-state index contributed by atoms with van der Waals surface area (Å²) in [7, 11) is 0. The minimum absolute atomic E-state index is 0.123. The van der Waals surface area contributed by atoms with Crippen molar-refractivity contribution in [2.75, 3.05) is 13.2 Å². The van der Waals surface area contributed by atoms with Gasteiger partial charge >= 0.3 is 0 Å². The summed E-state index contributed by atoms with van der Waals surface area (Å²) in [6.07, 6.45) is 12.3. The summed E-state index contributed by atoms with van der Waals surface area (Å²) in [5.74, 6) is 0.536. The lowest BCUT2D eigenvalue weighted by molar-refractivity contribution is 0.0275. The molecule has 0 aliphatic heterocycles. The summed E-state index contributed by atoms with van der Waals surface area (Å²) in [5, 5.41) is 19.1. The van der Waals surface area contributed by atoms with Crippen molar-refractivity contribution in [1.82, 2.24) is 0 Å². The summed E-state index contributed by atoms with van der Waals surface area (Å²) in [6.45, 7) is 6.82. The third-order valence-corrected chi connectivity index (χ3v) is 4.07. The monoisotopic (exact) mass is 272 g/mol. The quantitative estimate of drug-likeness (QED) is 0.483. The summed E-state index contributed by atoms with van der Waals surface area (Å²) >= 11 is 0. The van der Waals surface area contributed by atoms with Crippen molar-refractivity contribution in [3.63, 3.8) is 0 Å². The van der Waals surface area contributed by atoms with E-state index in [1.807, 2.05) is 0 Å². The molecule has 0 aliphatic rings. The van der Waals surface area contributed by atoms with Crippen LogP contribution in [-0.2, 0) is 0 Å². The Hall–Kier alpha value is -0.0800. The Morgan fingerprint density at radius 1 is 0.789 bits per heavy atom. The van der Waals surface area contributed by atoms with Gasteiger partial charge in [-0.25, -0.2) is 0 Å². The SMILES string of the molecule is CCCCCCCCCCC(CO)(CO)CC(C)C. The van der Waals surface area contributed by atoms with Crippen LogP contribution >= 0.6 is 0 Å². The van der Waals surface area contributed by atoms with Gasteiger partial charge in [0.2, 0.25) is 0 Å². The van der Waals surface area contributed by atoms with Crippen LogP contribution in [0.25, 0.3) is 0 Å². The van der Waals surface area contributed by atoms with E-state index in [4.69, 9.17) is 0 Å². The van der Waals surface area contributed by atoms with E-state index in [-0.39, 0.29) is 18.6 Å². The van der Waals surface area contributed by atoms with E-state index in [2.05, 4.69) is 20.8 Å². The lowest BCUT2D eigenvalue weighted by Gasteiger charge is -2.31. The van der Waals surface area contributed by atoms with Gasteiger partial charge in [0, 0.05) is 5.41 Å². The molecule has 0 bridgehead atoms. The first-order valence-corrected chi connectivity index (χ1v) is 8.32. The number of hydrogen-bond acceptors (Lipinski definition) is 2. The molecule has 0 radical (unpaired) electrons. The minimum atomic E-state index is -0.240. The van der Waals surface area contributed by atoms with Crippen LogP contribution in [0.3, 0.4) is 0 Å². The highest BCUT2D eigenvalue weighted by Gasteiger charge is 2.28. The Bertz CT molecular complexity index is 186. The van der Waals surface area contributed by atoms with Gasteiger partial charge in [-0.05, 0) is 18.8 Å². The van der Waals surface area contributed by atoms with Gasteiger partial charge in [0.25, 0.3) is 0 Å². The molecule has 0 atom stereocenters. The molecular formula is C17H36O2. The van der Waals surface area contributed by atoms with Gasteiger partial charge in [0.1, 0.15) is 0 Å². The van der Waals surface area contributed by atoms with E-state index in [0.717, 1.165) is 19.3 Å². The molecule has 2 heteroatoms. The van der Waals surface area contributed by atoms with Crippen LogP contribution in [0.5, 0.6) is 0 Å². The Labute approximate surface area is 120 Å². The molecule has 19 heavy (non-hydrogen) atoms. The highest BCUT2D eigenvalue weighted by Crippen LogP contribution is 2.31. The molecule has 0 aromatic heterocycles. The largest absolute Gasteiger partial charge is 0.396 e. The van der Waals surface area contributed by atoms with Crippen LogP contribution < -0.4 is 0 Å². The van der Waals surface area contributed by atoms with Crippen molar-refractivity contribution in [1.29, 1.82) is 0 Å².